The third-order valence-electron chi connectivity index (χ3n) is 5.79. The lowest BCUT2D eigenvalue weighted by atomic mass is 10.1. The van der Waals surface area contributed by atoms with Gasteiger partial charge in [-0.1, -0.05) is 30.0 Å². The number of benzene rings is 2. The van der Waals surface area contributed by atoms with Gasteiger partial charge in [0.2, 0.25) is 0 Å². The molecule has 0 atom stereocenters. The van der Waals surface area contributed by atoms with Crippen LogP contribution < -0.4 is 4.74 Å². The van der Waals surface area contributed by atoms with Gasteiger partial charge < -0.3 is 19.1 Å². The summed E-state index contributed by atoms with van der Waals surface area (Å²) in [5, 5.41) is 11.4. The van der Waals surface area contributed by atoms with Crippen molar-refractivity contribution in [1.82, 2.24) is 4.57 Å². The summed E-state index contributed by atoms with van der Waals surface area (Å²) in [4.78, 5) is 17.9. The van der Waals surface area contributed by atoms with Crippen LogP contribution >= 0.6 is 11.8 Å². The van der Waals surface area contributed by atoms with Gasteiger partial charge in [0.25, 0.3) is 0 Å². The number of aryl methyl sites for hydroxylation is 2. The van der Waals surface area contributed by atoms with Crippen molar-refractivity contribution in [2.45, 2.75) is 27.7 Å². The van der Waals surface area contributed by atoms with Crippen molar-refractivity contribution < 1.29 is 19.4 Å². The monoisotopic (exact) mass is 488 g/mol. The molecule has 0 unspecified atom stereocenters. The number of thioether (sulfide) groups is 1. The molecule has 35 heavy (non-hydrogen) atoms. The Kier molecular flexibility index (Phi) is 7.17. The first-order valence-electron chi connectivity index (χ1n) is 11.3. The molecule has 0 saturated heterocycles. The highest BCUT2D eigenvalue weighted by Gasteiger charge is 2.33. The summed E-state index contributed by atoms with van der Waals surface area (Å²) >= 11 is 1.25. The Morgan fingerprint density at radius 3 is 2.49 bits per heavy atom. The fraction of sp³-hybridized carbons (Fsp3) is 0.214. The maximum absolute atomic E-state index is 12.7. The smallest absolute Gasteiger partial charge is 0.344 e. The molecule has 6 nitrogen and oxygen atoms in total. The fourth-order valence-electron chi connectivity index (χ4n) is 4.03. The predicted molar refractivity (Wildman–Crippen MR) is 142 cm³/mol. The number of esters is 1. The van der Waals surface area contributed by atoms with E-state index >= 15 is 0 Å². The molecule has 180 valence electrons. The number of ether oxygens (including phenoxy) is 2. The molecule has 1 aliphatic rings. The standard InChI is InChI=1S/C28H28N2O4S/c1-6-34-28(32)25-26(31)24(35-27(25)29-21-11-13-22(33-5)14-12-21)16-20-15-18(3)30(19(20)4)23-10-8-7-9-17(23)2/h7-16,31H,6H2,1-5H3/b24-16+,29-27?. The van der Waals surface area contributed by atoms with E-state index in [0.717, 1.165) is 22.6 Å². The van der Waals surface area contributed by atoms with Crippen LogP contribution in [0, 0.1) is 20.8 Å². The summed E-state index contributed by atoms with van der Waals surface area (Å²) in [6.07, 6.45) is 1.90. The first-order chi connectivity index (χ1) is 16.8. The van der Waals surface area contributed by atoms with Crippen LogP contribution in [0.3, 0.4) is 0 Å². The van der Waals surface area contributed by atoms with Gasteiger partial charge in [0.15, 0.2) is 0 Å². The molecule has 1 aliphatic heterocycles. The number of carbonyl (C=O) groups is 1. The Morgan fingerprint density at radius 1 is 1.11 bits per heavy atom. The van der Waals surface area contributed by atoms with Gasteiger partial charge in [-0.3, -0.25) is 0 Å². The van der Waals surface area contributed by atoms with Gasteiger partial charge in [-0.2, -0.15) is 0 Å². The highest BCUT2D eigenvalue weighted by molar-refractivity contribution is 8.18. The lowest BCUT2D eigenvalue weighted by molar-refractivity contribution is -0.138. The molecule has 3 aromatic rings. The van der Waals surface area contributed by atoms with E-state index in [9.17, 15) is 9.90 Å². The van der Waals surface area contributed by atoms with E-state index in [1.165, 1.54) is 17.3 Å². The van der Waals surface area contributed by atoms with Gasteiger partial charge in [0.1, 0.15) is 22.1 Å². The summed E-state index contributed by atoms with van der Waals surface area (Å²) in [6, 6.07) is 17.5. The van der Waals surface area contributed by atoms with Crippen molar-refractivity contribution in [3.05, 3.63) is 93.3 Å². The largest absolute Gasteiger partial charge is 0.506 e. The average molecular weight is 489 g/mol. The first-order valence-corrected chi connectivity index (χ1v) is 12.1. The first kappa shape index (κ1) is 24.4. The quantitative estimate of drug-likeness (QED) is 0.396. The molecular weight excluding hydrogens is 460 g/mol. The molecule has 1 N–H and O–H groups in total. The summed E-state index contributed by atoms with van der Waals surface area (Å²) in [5.74, 6) is -0.0124. The van der Waals surface area contributed by atoms with Gasteiger partial charge in [0.05, 0.1) is 24.3 Å². The SMILES string of the molecule is CCOC(=O)C1=C(O)/C(=C\c2cc(C)n(-c3ccccc3C)c2C)SC1=Nc1ccc(OC)cc1. The van der Waals surface area contributed by atoms with Crippen LogP contribution in [0.25, 0.3) is 11.8 Å². The molecule has 0 saturated carbocycles. The molecule has 0 fully saturated rings. The lowest BCUT2D eigenvalue weighted by Crippen LogP contribution is -2.12. The predicted octanol–water partition coefficient (Wildman–Crippen LogP) is 6.60. The summed E-state index contributed by atoms with van der Waals surface area (Å²) in [7, 11) is 1.60. The van der Waals surface area contributed by atoms with Crippen molar-refractivity contribution in [3.8, 4) is 11.4 Å². The van der Waals surface area contributed by atoms with E-state index in [-0.39, 0.29) is 17.9 Å². The molecule has 0 radical (unpaired) electrons. The normalized spacial score (nSPS) is 15.8. The Morgan fingerprint density at radius 2 is 1.83 bits per heavy atom. The van der Waals surface area contributed by atoms with Gasteiger partial charge in [-0.25, -0.2) is 9.79 Å². The van der Waals surface area contributed by atoms with Crippen molar-refractivity contribution in [3.63, 3.8) is 0 Å². The van der Waals surface area contributed by atoms with Crippen LogP contribution in [0.1, 0.15) is 29.4 Å². The van der Waals surface area contributed by atoms with E-state index in [1.807, 2.05) is 25.1 Å². The second-order valence-corrected chi connectivity index (χ2v) is 9.15. The number of methoxy groups -OCH3 is 1. The van der Waals surface area contributed by atoms with E-state index in [1.54, 1.807) is 38.3 Å². The van der Waals surface area contributed by atoms with Gasteiger partial charge in [-0.15, -0.1) is 0 Å². The van der Waals surface area contributed by atoms with Gasteiger partial charge >= 0.3 is 5.97 Å². The number of aromatic nitrogens is 1. The highest BCUT2D eigenvalue weighted by atomic mass is 32.2. The maximum atomic E-state index is 12.7. The van der Waals surface area contributed by atoms with Crippen molar-refractivity contribution in [2.24, 2.45) is 4.99 Å². The summed E-state index contributed by atoms with van der Waals surface area (Å²) < 4.78 is 12.6. The second kappa shape index (κ2) is 10.3. The van der Waals surface area contributed by atoms with E-state index in [4.69, 9.17) is 9.47 Å². The Labute approximate surface area is 209 Å². The van der Waals surface area contributed by atoms with Crippen molar-refractivity contribution in [2.75, 3.05) is 13.7 Å². The number of carbonyl (C=O) groups excluding carboxylic acids is 1. The molecule has 2 aromatic carbocycles. The Balaban J connectivity index is 1.77. The zero-order valence-corrected chi connectivity index (χ0v) is 21.3. The van der Waals surface area contributed by atoms with Crippen LogP contribution in [-0.4, -0.2) is 34.4 Å². The molecule has 0 aliphatic carbocycles. The van der Waals surface area contributed by atoms with Crippen LogP contribution in [0.4, 0.5) is 5.69 Å². The van der Waals surface area contributed by atoms with Crippen LogP contribution in [-0.2, 0) is 9.53 Å². The Bertz CT molecular complexity index is 1360. The Hall–Kier alpha value is -3.71. The fourth-order valence-corrected chi connectivity index (χ4v) is 5.05. The van der Waals surface area contributed by atoms with E-state index in [0.29, 0.717) is 21.4 Å². The minimum atomic E-state index is -0.599. The number of aliphatic imine (C=N–C) groups is 1. The zero-order valence-electron chi connectivity index (χ0n) is 20.5. The van der Waals surface area contributed by atoms with Gasteiger partial charge in [-0.05, 0) is 81.3 Å². The van der Waals surface area contributed by atoms with Crippen LogP contribution in [0.5, 0.6) is 5.75 Å². The van der Waals surface area contributed by atoms with Crippen LogP contribution in [0.2, 0.25) is 0 Å². The topological polar surface area (TPSA) is 73.0 Å². The number of nitrogens with zero attached hydrogens (tertiary/aromatic N) is 2. The molecule has 0 amide bonds. The number of hydrogen-bond acceptors (Lipinski definition) is 6. The minimum Gasteiger partial charge on any atom is -0.506 e. The molecule has 7 heteroatoms. The zero-order chi connectivity index (χ0) is 25.1. The molecule has 2 heterocycles. The molecule has 4 rings (SSSR count). The maximum Gasteiger partial charge on any atom is 0.344 e. The van der Waals surface area contributed by atoms with Crippen molar-refractivity contribution >= 4 is 34.5 Å². The molecule has 1 aromatic heterocycles. The number of hydrogen-bond donors (Lipinski definition) is 1. The van der Waals surface area contributed by atoms with Gasteiger partial charge in [0, 0.05) is 17.1 Å². The second-order valence-electron chi connectivity index (χ2n) is 8.12. The molecular formula is C28H28N2O4S. The van der Waals surface area contributed by atoms with E-state index in [2.05, 4.69) is 41.6 Å². The summed E-state index contributed by atoms with van der Waals surface area (Å²) in [5.41, 5.74) is 6.07. The van der Waals surface area contributed by atoms with Crippen LogP contribution in [0.15, 0.2) is 75.8 Å². The third kappa shape index (κ3) is 4.91. The molecule has 0 spiro atoms. The highest BCUT2D eigenvalue weighted by Crippen LogP contribution is 2.41. The minimum absolute atomic E-state index is 0.0756. The average Bonchev–Trinajstić information content (AvgIpc) is 3.29. The number of aliphatic hydroxyl groups is 1. The van der Waals surface area contributed by atoms with E-state index < -0.39 is 5.97 Å². The number of para-hydroxylation sites is 1. The number of aliphatic hydroxyl groups excluding tert-OH is 1. The number of rotatable bonds is 6. The summed E-state index contributed by atoms with van der Waals surface area (Å²) in [6.45, 7) is 8.12. The van der Waals surface area contributed by atoms with Crippen molar-refractivity contribution in [1.29, 1.82) is 0 Å². The third-order valence-corrected chi connectivity index (χ3v) is 6.81. The lowest BCUT2D eigenvalue weighted by Gasteiger charge is -2.12. The molecule has 0 bridgehead atoms.